The van der Waals surface area contributed by atoms with Gasteiger partial charge in [0.2, 0.25) is 5.95 Å². The number of halogens is 2. The zero-order valence-electron chi connectivity index (χ0n) is 18.2. The topological polar surface area (TPSA) is 96.7 Å². The number of hydrogen-bond donors (Lipinski definition) is 2. The van der Waals surface area contributed by atoms with Crippen molar-refractivity contribution in [3.8, 4) is 11.1 Å². The number of aliphatic imine (C=N–C) groups is 1. The van der Waals surface area contributed by atoms with Crippen molar-refractivity contribution in [3.05, 3.63) is 77.6 Å². The minimum atomic E-state index is -1.50. The van der Waals surface area contributed by atoms with E-state index in [-0.39, 0.29) is 18.5 Å². The zero-order valence-corrected chi connectivity index (χ0v) is 18.2. The molecule has 0 fully saturated rings. The number of carbonyl (C=O) groups excluding carboxylic acids is 1. The summed E-state index contributed by atoms with van der Waals surface area (Å²) in [5.74, 6) is -0.939. The van der Waals surface area contributed by atoms with E-state index in [1.165, 1.54) is 11.1 Å². The minimum absolute atomic E-state index is 0.0497. The van der Waals surface area contributed by atoms with E-state index < -0.39 is 18.2 Å². The largest absolute Gasteiger partial charge is 0.390 e. The van der Waals surface area contributed by atoms with Gasteiger partial charge in [-0.05, 0) is 48.2 Å². The Morgan fingerprint density at radius 2 is 1.97 bits per heavy atom. The lowest BCUT2D eigenvalue weighted by atomic mass is 9.83. The Balaban J connectivity index is 1.87. The van der Waals surface area contributed by atoms with E-state index in [2.05, 4.69) is 9.98 Å². The summed E-state index contributed by atoms with van der Waals surface area (Å²) in [6.45, 7) is -0.190. The van der Waals surface area contributed by atoms with Crippen LogP contribution in [0.25, 0.3) is 11.1 Å². The number of rotatable bonds is 8. The smallest absolute Gasteiger partial charge is 0.266 e. The molecule has 1 aliphatic rings. The Morgan fingerprint density at radius 3 is 2.64 bits per heavy atom. The predicted octanol–water partition coefficient (Wildman–Crippen LogP) is 2.96. The third-order valence-electron chi connectivity index (χ3n) is 5.94. The normalized spacial score (nSPS) is 18.1. The molecule has 1 amide bonds. The van der Waals surface area contributed by atoms with Crippen LogP contribution in [-0.4, -0.2) is 45.1 Å². The number of aliphatic hydroxyl groups is 1. The lowest BCUT2D eigenvalue weighted by Gasteiger charge is -2.25. The number of unbranched alkanes of at least 4 members (excludes halogenated alkanes) is 1. The van der Waals surface area contributed by atoms with Crippen LogP contribution in [0.15, 0.2) is 59.9 Å². The molecule has 9 heteroatoms. The summed E-state index contributed by atoms with van der Waals surface area (Å²) < 4.78 is 28.7. The molecular formula is C24H25F2N5O2. The van der Waals surface area contributed by atoms with Crippen LogP contribution in [0, 0.1) is 5.95 Å². The molecule has 1 atom stereocenters. The van der Waals surface area contributed by atoms with Crippen LogP contribution in [0.2, 0.25) is 0 Å². The average molecular weight is 453 g/mol. The number of hydrogen-bond acceptors (Lipinski definition) is 5. The Kier molecular flexibility index (Phi) is 6.24. The van der Waals surface area contributed by atoms with Gasteiger partial charge in [-0.15, -0.1) is 0 Å². The second kappa shape index (κ2) is 9.11. The Morgan fingerprint density at radius 1 is 1.15 bits per heavy atom. The maximum absolute atomic E-state index is 14.4. The Labute approximate surface area is 190 Å². The number of alkyl halides is 1. The van der Waals surface area contributed by atoms with Gasteiger partial charge in [-0.1, -0.05) is 18.2 Å². The first-order valence-electron chi connectivity index (χ1n) is 10.6. The van der Waals surface area contributed by atoms with E-state index in [4.69, 9.17) is 5.73 Å². The van der Waals surface area contributed by atoms with E-state index >= 15 is 0 Å². The SMILES string of the molecule is CN1C(=O)C(c2cccc(-c3cccnc3F)c2)(c2cc(CO)n(CCCCF)c2)N=C1N. The molecule has 33 heavy (non-hydrogen) atoms. The number of carbonyl (C=O) groups is 1. The van der Waals surface area contributed by atoms with Gasteiger partial charge < -0.3 is 15.4 Å². The van der Waals surface area contributed by atoms with E-state index in [9.17, 15) is 18.7 Å². The molecule has 0 aliphatic carbocycles. The third kappa shape index (κ3) is 3.89. The van der Waals surface area contributed by atoms with Crippen molar-refractivity contribution in [1.82, 2.24) is 14.5 Å². The zero-order chi connectivity index (χ0) is 23.6. The van der Waals surface area contributed by atoms with Crippen LogP contribution in [0.1, 0.15) is 29.7 Å². The molecule has 4 rings (SSSR count). The highest BCUT2D eigenvalue weighted by Gasteiger charge is 2.50. The van der Waals surface area contributed by atoms with Gasteiger partial charge in [0.1, 0.15) is 0 Å². The molecule has 7 nitrogen and oxygen atoms in total. The van der Waals surface area contributed by atoms with Crippen LogP contribution in [0.3, 0.4) is 0 Å². The number of aromatic nitrogens is 2. The fourth-order valence-corrected chi connectivity index (χ4v) is 4.17. The highest BCUT2D eigenvalue weighted by Crippen LogP contribution is 2.41. The molecule has 0 spiro atoms. The van der Waals surface area contributed by atoms with Crippen molar-refractivity contribution in [1.29, 1.82) is 0 Å². The molecule has 1 aromatic carbocycles. The van der Waals surface area contributed by atoms with Gasteiger partial charge in [-0.3, -0.25) is 14.1 Å². The summed E-state index contributed by atoms with van der Waals surface area (Å²) in [5.41, 5.74) is 7.00. The molecule has 1 aliphatic heterocycles. The van der Waals surface area contributed by atoms with Gasteiger partial charge in [0.15, 0.2) is 11.5 Å². The van der Waals surface area contributed by atoms with Gasteiger partial charge in [-0.2, -0.15) is 4.39 Å². The summed E-state index contributed by atoms with van der Waals surface area (Å²) >= 11 is 0. The van der Waals surface area contributed by atoms with E-state index in [1.54, 1.807) is 60.3 Å². The van der Waals surface area contributed by atoms with Crippen molar-refractivity contribution in [2.24, 2.45) is 10.7 Å². The second-order valence-corrected chi connectivity index (χ2v) is 7.93. The van der Waals surface area contributed by atoms with Crippen molar-refractivity contribution >= 4 is 11.9 Å². The number of guanidine groups is 1. The van der Waals surface area contributed by atoms with Crippen LogP contribution in [0.4, 0.5) is 8.78 Å². The third-order valence-corrected chi connectivity index (χ3v) is 5.94. The molecule has 3 heterocycles. The molecule has 3 aromatic rings. The molecule has 3 N–H and O–H groups in total. The molecule has 0 radical (unpaired) electrons. The average Bonchev–Trinajstić information content (AvgIpc) is 3.34. The first kappa shape index (κ1) is 22.6. The monoisotopic (exact) mass is 453 g/mol. The van der Waals surface area contributed by atoms with Crippen molar-refractivity contribution in [3.63, 3.8) is 0 Å². The summed E-state index contributed by atoms with van der Waals surface area (Å²) in [6.07, 6.45) is 4.09. The minimum Gasteiger partial charge on any atom is -0.390 e. The number of pyridine rings is 1. The lowest BCUT2D eigenvalue weighted by molar-refractivity contribution is -0.129. The van der Waals surface area contributed by atoms with Crippen LogP contribution in [-0.2, 0) is 23.5 Å². The molecule has 2 aromatic heterocycles. The van der Waals surface area contributed by atoms with E-state index in [0.717, 1.165) is 0 Å². The number of aryl methyl sites for hydroxylation is 1. The van der Waals surface area contributed by atoms with E-state index in [0.29, 0.717) is 47.3 Å². The number of nitrogens with two attached hydrogens (primary N) is 1. The maximum atomic E-state index is 14.4. The first-order chi connectivity index (χ1) is 15.9. The van der Waals surface area contributed by atoms with Crippen molar-refractivity contribution in [2.75, 3.05) is 13.7 Å². The van der Waals surface area contributed by atoms with Gasteiger partial charge >= 0.3 is 0 Å². The molecule has 0 bridgehead atoms. The Bertz CT molecular complexity index is 1210. The van der Waals surface area contributed by atoms with Crippen LogP contribution >= 0.6 is 0 Å². The van der Waals surface area contributed by atoms with Crippen molar-refractivity contribution < 1.29 is 18.7 Å². The molecular weight excluding hydrogens is 428 g/mol. The van der Waals surface area contributed by atoms with Gasteiger partial charge in [0.25, 0.3) is 5.91 Å². The maximum Gasteiger partial charge on any atom is 0.266 e. The number of aliphatic hydroxyl groups excluding tert-OH is 1. The van der Waals surface area contributed by atoms with E-state index in [1.807, 2.05) is 0 Å². The highest BCUT2D eigenvalue weighted by molar-refractivity contribution is 6.09. The number of benzene rings is 1. The summed E-state index contributed by atoms with van der Waals surface area (Å²) in [5, 5.41) is 9.88. The second-order valence-electron chi connectivity index (χ2n) is 7.93. The van der Waals surface area contributed by atoms with Crippen LogP contribution in [0.5, 0.6) is 0 Å². The van der Waals surface area contributed by atoms with Gasteiger partial charge in [-0.25, -0.2) is 9.98 Å². The van der Waals surface area contributed by atoms with Crippen LogP contribution < -0.4 is 5.73 Å². The standard InChI is InChI=1S/C24H25F2N5O2/c1-30-22(33)24(29-23(30)27,18-13-19(15-32)31(14-18)11-3-2-9-25)17-7-4-6-16(12-17)20-8-5-10-28-21(20)26/h4-8,10,12-14,32H,2-3,9,11,15H2,1H3,(H2,27,29). The fourth-order valence-electron chi connectivity index (χ4n) is 4.17. The summed E-state index contributed by atoms with van der Waals surface area (Å²) in [4.78, 5) is 23.1. The molecule has 172 valence electrons. The van der Waals surface area contributed by atoms with Gasteiger partial charge in [0.05, 0.1) is 13.3 Å². The van der Waals surface area contributed by atoms with Gasteiger partial charge in [0, 0.05) is 42.8 Å². The molecule has 1 unspecified atom stereocenters. The predicted molar refractivity (Wildman–Crippen MR) is 120 cm³/mol. The number of amides is 1. The number of nitrogens with zero attached hydrogens (tertiary/aromatic N) is 4. The summed E-state index contributed by atoms with van der Waals surface area (Å²) in [7, 11) is 1.54. The quantitative estimate of drug-likeness (QED) is 0.405. The van der Waals surface area contributed by atoms with Crippen molar-refractivity contribution in [2.45, 2.75) is 31.5 Å². The molecule has 0 saturated heterocycles. The lowest BCUT2D eigenvalue weighted by Crippen LogP contribution is -2.41. The fraction of sp³-hybridized carbons (Fsp3) is 0.292. The highest BCUT2D eigenvalue weighted by atomic mass is 19.1. The number of likely N-dealkylation sites (N-methyl/N-ethyl adjacent to an activating group) is 1. The Hall–Kier alpha value is -3.59. The molecule has 0 saturated carbocycles. The summed E-state index contributed by atoms with van der Waals surface area (Å²) in [6, 6.07) is 11.9. The first-order valence-corrected chi connectivity index (χ1v) is 10.6.